The lowest BCUT2D eigenvalue weighted by Gasteiger charge is -2.11. The third kappa shape index (κ3) is 9.06. The molecule has 0 aromatic rings. The van der Waals surface area contributed by atoms with Gasteiger partial charge in [0, 0.05) is 18.7 Å². The minimum atomic E-state index is -0.671. The van der Waals surface area contributed by atoms with Crippen LogP contribution in [0.25, 0.3) is 0 Å². The van der Waals surface area contributed by atoms with Crippen molar-refractivity contribution in [2.75, 3.05) is 6.54 Å². The molecule has 0 saturated heterocycles. The van der Waals surface area contributed by atoms with E-state index in [-0.39, 0.29) is 0 Å². The summed E-state index contributed by atoms with van der Waals surface area (Å²) >= 11 is 0. The normalized spacial score (nSPS) is 19.7. The van der Waals surface area contributed by atoms with Crippen LogP contribution in [0.1, 0.15) is 90.4 Å². The zero-order valence-electron chi connectivity index (χ0n) is 14.3. The van der Waals surface area contributed by atoms with Crippen LogP contribution in [0, 0.1) is 5.92 Å². The molecule has 1 rings (SSSR count). The SMILES string of the molecule is CCCCCCNN=C1CCCC1CCCCCCC(=O)O. The number of carbonyl (C=O) groups is 1. The summed E-state index contributed by atoms with van der Waals surface area (Å²) < 4.78 is 0. The van der Waals surface area contributed by atoms with Crippen molar-refractivity contribution in [1.29, 1.82) is 0 Å². The molecule has 0 aromatic heterocycles. The lowest BCUT2D eigenvalue weighted by Crippen LogP contribution is -2.15. The fourth-order valence-corrected chi connectivity index (χ4v) is 3.17. The Morgan fingerprint density at radius 2 is 1.95 bits per heavy atom. The second-order valence-corrected chi connectivity index (χ2v) is 6.51. The van der Waals surface area contributed by atoms with Crippen molar-refractivity contribution in [3.63, 3.8) is 0 Å². The van der Waals surface area contributed by atoms with Gasteiger partial charge in [0.25, 0.3) is 0 Å². The molecule has 1 fully saturated rings. The van der Waals surface area contributed by atoms with Crippen LogP contribution < -0.4 is 5.43 Å². The van der Waals surface area contributed by atoms with E-state index in [0.717, 1.165) is 32.2 Å². The van der Waals surface area contributed by atoms with Gasteiger partial charge in [-0.2, -0.15) is 5.10 Å². The largest absolute Gasteiger partial charge is 0.481 e. The fraction of sp³-hybridized carbons (Fsp3) is 0.889. The summed E-state index contributed by atoms with van der Waals surface area (Å²) in [6.07, 6.45) is 14.6. The smallest absolute Gasteiger partial charge is 0.303 e. The van der Waals surface area contributed by atoms with Gasteiger partial charge in [0.1, 0.15) is 0 Å². The van der Waals surface area contributed by atoms with Crippen LogP contribution in [-0.4, -0.2) is 23.3 Å². The molecule has 1 unspecified atom stereocenters. The van der Waals surface area contributed by atoms with Crippen LogP contribution in [-0.2, 0) is 4.79 Å². The van der Waals surface area contributed by atoms with Crippen molar-refractivity contribution in [2.24, 2.45) is 11.0 Å². The van der Waals surface area contributed by atoms with Gasteiger partial charge in [-0.1, -0.05) is 45.4 Å². The molecule has 0 aromatic carbocycles. The Bertz CT molecular complexity index is 329. The molecule has 1 atom stereocenters. The number of carboxylic acids is 1. The van der Waals surface area contributed by atoms with Crippen LogP contribution in [0.2, 0.25) is 0 Å². The topological polar surface area (TPSA) is 61.7 Å². The first-order chi connectivity index (χ1) is 10.7. The van der Waals surface area contributed by atoms with Gasteiger partial charge in [-0.05, 0) is 44.4 Å². The summed E-state index contributed by atoms with van der Waals surface area (Å²) in [6.45, 7) is 3.24. The number of aliphatic carboxylic acids is 1. The van der Waals surface area contributed by atoms with E-state index in [2.05, 4.69) is 17.5 Å². The molecule has 4 nitrogen and oxygen atoms in total. The molecule has 0 radical (unpaired) electrons. The molecule has 0 heterocycles. The number of unbranched alkanes of at least 4 members (excludes halogenated alkanes) is 6. The second kappa shape index (κ2) is 12.5. The zero-order valence-corrected chi connectivity index (χ0v) is 14.3. The molecule has 4 heteroatoms. The highest BCUT2D eigenvalue weighted by Gasteiger charge is 2.21. The van der Waals surface area contributed by atoms with E-state index in [1.54, 1.807) is 0 Å². The second-order valence-electron chi connectivity index (χ2n) is 6.51. The van der Waals surface area contributed by atoms with Crippen molar-refractivity contribution in [3.05, 3.63) is 0 Å². The number of nitrogens with one attached hydrogen (secondary N) is 1. The summed E-state index contributed by atoms with van der Waals surface area (Å²) in [4.78, 5) is 10.4. The number of hydrogen-bond acceptors (Lipinski definition) is 3. The van der Waals surface area contributed by atoms with E-state index >= 15 is 0 Å². The zero-order chi connectivity index (χ0) is 16.0. The van der Waals surface area contributed by atoms with E-state index < -0.39 is 5.97 Å². The molecule has 0 amide bonds. The lowest BCUT2D eigenvalue weighted by molar-refractivity contribution is -0.137. The lowest BCUT2D eigenvalue weighted by atomic mass is 9.98. The van der Waals surface area contributed by atoms with Gasteiger partial charge >= 0.3 is 5.97 Å². The molecular weight excluding hydrogens is 276 g/mol. The van der Waals surface area contributed by atoms with E-state index in [0.29, 0.717) is 12.3 Å². The molecule has 128 valence electrons. The van der Waals surface area contributed by atoms with Gasteiger partial charge in [-0.15, -0.1) is 0 Å². The maximum atomic E-state index is 10.4. The molecule has 2 N–H and O–H groups in total. The first kappa shape index (κ1) is 19.0. The van der Waals surface area contributed by atoms with E-state index in [1.165, 1.54) is 57.1 Å². The van der Waals surface area contributed by atoms with Crippen molar-refractivity contribution in [1.82, 2.24) is 5.43 Å². The number of rotatable bonds is 13. The van der Waals surface area contributed by atoms with E-state index in [4.69, 9.17) is 5.11 Å². The fourth-order valence-electron chi connectivity index (χ4n) is 3.17. The minimum absolute atomic E-state index is 0.318. The molecule has 1 aliphatic carbocycles. The predicted molar refractivity (Wildman–Crippen MR) is 92.3 cm³/mol. The predicted octanol–water partition coefficient (Wildman–Crippen LogP) is 4.74. The van der Waals surface area contributed by atoms with Crippen LogP contribution >= 0.6 is 0 Å². The van der Waals surface area contributed by atoms with E-state index in [1.807, 2.05) is 0 Å². The average molecular weight is 310 g/mol. The summed E-state index contributed by atoms with van der Waals surface area (Å²) in [7, 11) is 0. The highest BCUT2D eigenvalue weighted by Crippen LogP contribution is 2.27. The number of nitrogens with zero attached hydrogens (tertiary/aromatic N) is 1. The maximum Gasteiger partial charge on any atom is 0.303 e. The standard InChI is InChI=1S/C18H34N2O2/c1-2-3-4-9-15-19-20-17-13-10-12-16(17)11-7-5-6-8-14-18(21)22/h16,19H,2-15H2,1H3,(H,21,22). The Balaban J connectivity index is 2.08. The molecule has 0 bridgehead atoms. The van der Waals surface area contributed by atoms with Gasteiger partial charge in [0.05, 0.1) is 0 Å². The van der Waals surface area contributed by atoms with Gasteiger partial charge in [-0.3, -0.25) is 4.79 Å². The summed E-state index contributed by atoms with van der Waals surface area (Å²) in [5.41, 5.74) is 4.64. The third-order valence-corrected chi connectivity index (χ3v) is 4.51. The number of hydrazone groups is 1. The van der Waals surface area contributed by atoms with Crippen molar-refractivity contribution in [3.8, 4) is 0 Å². The minimum Gasteiger partial charge on any atom is -0.481 e. The van der Waals surface area contributed by atoms with Crippen LogP contribution in [0.5, 0.6) is 0 Å². The van der Waals surface area contributed by atoms with Gasteiger partial charge in [-0.25, -0.2) is 0 Å². The summed E-state index contributed by atoms with van der Waals surface area (Å²) in [6, 6.07) is 0. The van der Waals surface area contributed by atoms with Crippen molar-refractivity contribution < 1.29 is 9.90 Å². The highest BCUT2D eigenvalue weighted by molar-refractivity contribution is 5.88. The Labute approximate surface area is 135 Å². The molecule has 22 heavy (non-hydrogen) atoms. The Morgan fingerprint density at radius 1 is 1.18 bits per heavy atom. The van der Waals surface area contributed by atoms with Gasteiger partial charge in [0.15, 0.2) is 0 Å². The Morgan fingerprint density at radius 3 is 2.73 bits per heavy atom. The molecule has 1 aliphatic rings. The van der Waals surface area contributed by atoms with Gasteiger partial charge in [0.2, 0.25) is 0 Å². The first-order valence-corrected chi connectivity index (χ1v) is 9.25. The summed E-state index contributed by atoms with van der Waals surface area (Å²) in [5.74, 6) is -0.00200. The van der Waals surface area contributed by atoms with Crippen LogP contribution in [0.15, 0.2) is 5.10 Å². The van der Waals surface area contributed by atoms with Crippen molar-refractivity contribution in [2.45, 2.75) is 90.4 Å². The monoisotopic (exact) mass is 310 g/mol. The Kier molecular flexibility index (Phi) is 10.8. The van der Waals surface area contributed by atoms with Crippen molar-refractivity contribution >= 4 is 11.7 Å². The molecular formula is C18H34N2O2. The van der Waals surface area contributed by atoms with Crippen LogP contribution in [0.4, 0.5) is 0 Å². The quantitative estimate of drug-likeness (QED) is 0.381. The molecule has 0 aliphatic heterocycles. The Hall–Kier alpha value is -1.06. The molecule has 1 saturated carbocycles. The first-order valence-electron chi connectivity index (χ1n) is 9.25. The summed E-state index contributed by atoms with van der Waals surface area (Å²) in [5, 5.41) is 13.2. The highest BCUT2D eigenvalue weighted by atomic mass is 16.4. The number of hydrogen-bond donors (Lipinski definition) is 2. The average Bonchev–Trinajstić information content (AvgIpc) is 2.93. The third-order valence-electron chi connectivity index (χ3n) is 4.51. The maximum absolute atomic E-state index is 10.4. The van der Waals surface area contributed by atoms with E-state index in [9.17, 15) is 4.79 Å². The van der Waals surface area contributed by atoms with Crippen LogP contribution in [0.3, 0.4) is 0 Å². The number of carboxylic acid groups (broad SMARTS) is 1. The molecule has 0 spiro atoms. The van der Waals surface area contributed by atoms with Gasteiger partial charge < -0.3 is 10.5 Å².